The summed E-state index contributed by atoms with van der Waals surface area (Å²) in [5, 5.41) is 54.8. The fourth-order valence-corrected chi connectivity index (χ4v) is 7.27. The third-order valence-electron chi connectivity index (χ3n) is 7.42. The molecule has 0 aliphatic heterocycles. The predicted octanol–water partition coefficient (Wildman–Crippen LogP) is 8.61. The van der Waals surface area contributed by atoms with E-state index in [-0.39, 0.29) is 38.1 Å². The maximum Gasteiger partial charge on any atom is 0.296 e. The van der Waals surface area contributed by atoms with Crippen molar-refractivity contribution in [1.82, 2.24) is 0 Å². The quantitative estimate of drug-likeness (QED) is 0.0169. The number of aromatic hydroxyl groups is 1. The molecular formula is C30H21N5O13S4. The number of nitrogen functional groups attached to an aromatic ring is 1. The summed E-state index contributed by atoms with van der Waals surface area (Å²) in [4.78, 5) is -0.526. The van der Waals surface area contributed by atoms with Gasteiger partial charge in [0.15, 0.2) is 5.75 Å². The first kappa shape index (κ1) is 37.0. The molecule has 0 bridgehead atoms. The minimum atomic E-state index is -4.74. The van der Waals surface area contributed by atoms with E-state index in [1.165, 1.54) is 30.3 Å². The van der Waals surface area contributed by atoms with E-state index in [0.717, 1.165) is 41.0 Å². The normalized spacial score (nSPS) is 12.6. The molecule has 0 unspecified atom stereocenters. The van der Waals surface area contributed by atoms with Crippen LogP contribution < -0.4 is 5.73 Å². The van der Waals surface area contributed by atoms with E-state index >= 15 is 0 Å². The van der Waals surface area contributed by atoms with Crippen LogP contribution in [0.25, 0.3) is 32.3 Å². The molecule has 6 rings (SSSR count). The molecule has 0 aliphatic rings. The molecular weight excluding hydrogens is 767 g/mol. The predicted molar refractivity (Wildman–Crippen MR) is 187 cm³/mol. The fourth-order valence-electron chi connectivity index (χ4n) is 5.13. The third kappa shape index (κ3) is 7.68. The molecule has 0 spiro atoms. The second kappa shape index (κ2) is 15.0. The van der Waals surface area contributed by atoms with Crippen molar-refractivity contribution >= 4 is 105 Å². The average Bonchev–Trinajstić information content (AvgIpc) is 3.11. The number of anilines is 1. The number of hydrogen-bond donors (Lipinski definition) is 6. The third-order valence-corrected chi connectivity index (χ3v) is 10.5. The lowest BCUT2D eigenvalue weighted by Gasteiger charge is -2.12. The van der Waals surface area contributed by atoms with Crippen LogP contribution in [0, 0.1) is 0 Å². The Balaban J connectivity index is 1.44. The maximum atomic E-state index is 12.1. The highest BCUT2D eigenvalue weighted by molar-refractivity contribution is 7.95. The zero-order chi connectivity index (χ0) is 37.2. The molecule has 0 saturated heterocycles. The van der Waals surface area contributed by atoms with Gasteiger partial charge in [0.1, 0.15) is 10.6 Å². The molecule has 52 heavy (non-hydrogen) atoms. The van der Waals surface area contributed by atoms with Crippen LogP contribution in [0.15, 0.2) is 125 Å². The minimum absolute atomic E-state index is 0.00132. The fraction of sp³-hybridized carbons (Fsp3) is 0. The average molecular weight is 788 g/mol. The van der Waals surface area contributed by atoms with Gasteiger partial charge in [-0.05, 0) is 71.4 Å². The smallest absolute Gasteiger partial charge is 0.296 e. The van der Waals surface area contributed by atoms with E-state index in [0.29, 0.717) is 28.0 Å². The highest BCUT2D eigenvalue weighted by Crippen LogP contribution is 2.47. The van der Waals surface area contributed by atoms with Gasteiger partial charge in [0.25, 0.3) is 20.2 Å². The largest absolute Gasteiger partial charge is 0.505 e. The van der Waals surface area contributed by atoms with Crippen molar-refractivity contribution in [3.05, 3.63) is 84.9 Å². The van der Waals surface area contributed by atoms with Crippen LogP contribution in [0.5, 0.6) is 5.75 Å². The highest BCUT2D eigenvalue weighted by atomic mass is 32.2. The second-order valence-electron chi connectivity index (χ2n) is 10.4. The number of phenolic OH excluding ortho intramolecular Hbond substituents is 1. The van der Waals surface area contributed by atoms with E-state index in [1.807, 2.05) is 6.07 Å². The van der Waals surface area contributed by atoms with Crippen LogP contribution in [-0.2, 0) is 39.0 Å². The maximum absolute atomic E-state index is 12.1. The van der Waals surface area contributed by atoms with Crippen LogP contribution >= 0.6 is 24.1 Å². The number of rotatable bonds is 12. The Labute approximate surface area is 300 Å². The lowest BCUT2D eigenvalue weighted by atomic mass is 10.1. The van der Waals surface area contributed by atoms with Gasteiger partial charge >= 0.3 is 0 Å². The first-order valence-electron chi connectivity index (χ1n) is 14.1. The highest BCUT2D eigenvalue weighted by Gasteiger charge is 2.22. The molecule has 0 atom stereocenters. The number of hydrogen-bond acceptors (Lipinski definition) is 18. The minimum Gasteiger partial charge on any atom is -0.505 e. The monoisotopic (exact) mass is 787 g/mol. The number of fused-ring (bicyclic) bond motifs is 3. The number of nitrogens with zero attached hydrogens (tertiary/aromatic N) is 4. The topological polar surface area (TPSA) is 282 Å². The van der Waals surface area contributed by atoms with Crippen molar-refractivity contribution in [3.8, 4) is 5.75 Å². The van der Waals surface area contributed by atoms with E-state index < -0.39 is 41.5 Å². The van der Waals surface area contributed by atoms with E-state index in [2.05, 4.69) is 39.2 Å². The lowest BCUT2D eigenvalue weighted by Crippen LogP contribution is -2.03. The van der Waals surface area contributed by atoms with Crippen molar-refractivity contribution in [3.63, 3.8) is 0 Å². The number of nitrogens with two attached hydrogens (primary N) is 1. The van der Waals surface area contributed by atoms with Gasteiger partial charge < -0.3 is 10.8 Å². The molecule has 7 N–H and O–H groups in total. The molecule has 22 heteroatoms. The van der Waals surface area contributed by atoms with E-state index in [9.17, 15) is 31.0 Å². The Kier molecular flexibility index (Phi) is 10.7. The van der Waals surface area contributed by atoms with Crippen molar-refractivity contribution in [2.24, 2.45) is 20.5 Å². The number of phenols is 1. The Hall–Kier alpha value is -4.82. The second-order valence-corrected chi connectivity index (χ2v) is 14.7. The van der Waals surface area contributed by atoms with Gasteiger partial charge in [-0.25, -0.2) is 10.5 Å². The summed E-state index contributed by atoms with van der Waals surface area (Å²) in [6, 6.07) is 20.6. The molecule has 0 saturated carbocycles. The lowest BCUT2D eigenvalue weighted by molar-refractivity contribution is -0.432. The van der Waals surface area contributed by atoms with Crippen LogP contribution in [0.1, 0.15) is 0 Å². The summed E-state index contributed by atoms with van der Waals surface area (Å²) < 4.78 is 76.1. The van der Waals surface area contributed by atoms with Gasteiger partial charge in [-0.2, -0.15) is 21.9 Å². The van der Waals surface area contributed by atoms with Crippen LogP contribution in [0.3, 0.4) is 0 Å². The van der Waals surface area contributed by atoms with E-state index in [4.69, 9.17) is 16.2 Å². The molecule has 0 radical (unpaired) electrons. The summed E-state index contributed by atoms with van der Waals surface area (Å²) in [5.41, 5.74) is 6.07. The Bertz CT molecular complexity index is 2660. The number of benzene rings is 6. The summed E-state index contributed by atoms with van der Waals surface area (Å²) >= 11 is 1.15. The Morgan fingerprint density at radius 2 is 1.27 bits per heavy atom. The first-order valence-corrected chi connectivity index (χ1v) is 18.4. The van der Waals surface area contributed by atoms with Gasteiger partial charge in [-0.15, -0.1) is 24.0 Å². The van der Waals surface area contributed by atoms with Gasteiger partial charge in [-0.1, -0.05) is 34.3 Å². The van der Waals surface area contributed by atoms with Gasteiger partial charge in [0, 0.05) is 26.4 Å². The number of azo groups is 2. The molecule has 0 heterocycles. The molecule has 0 amide bonds. The molecule has 0 aliphatic carbocycles. The van der Waals surface area contributed by atoms with Crippen LogP contribution in [0.4, 0.5) is 28.4 Å². The molecule has 0 aromatic heterocycles. The van der Waals surface area contributed by atoms with Crippen molar-refractivity contribution in [1.29, 1.82) is 0 Å². The van der Waals surface area contributed by atoms with Crippen molar-refractivity contribution in [2.75, 3.05) is 5.73 Å². The van der Waals surface area contributed by atoms with Gasteiger partial charge in [0.05, 0.1) is 56.6 Å². The van der Waals surface area contributed by atoms with Crippen LogP contribution in [-0.4, -0.2) is 41.6 Å². The van der Waals surface area contributed by atoms with Crippen molar-refractivity contribution < 1.29 is 60.3 Å². The standard InChI is InChI=1S/C30H21N5O13S4/c31-28-22-14-26(50-48-46-38)29(30(36)20(22)8-11-27(28)52(42,43)44)35-34-24-10-9-23(19-7-5-17(13-21(19)24)51(39,40)41)33-32-16-4-6-18-15(12-16)2-1-3-25(18)49-47-45-37/h1-14,36-38H,31H2,(H,39,40,41)(H,42,43,44). The molecule has 0 fully saturated rings. The zero-order valence-electron chi connectivity index (χ0n) is 25.6. The molecule has 18 nitrogen and oxygen atoms in total. The zero-order valence-corrected chi connectivity index (χ0v) is 28.9. The summed E-state index contributed by atoms with van der Waals surface area (Å²) in [7, 11) is -9.41. The Morgan fingerprint density at radius 3 is 1.96 bits per heavy atom. The first-order chi connectivity index (χ1) is 24.8. The molecule has 6 aromatic rings. The molecule has 268 valence electrons. The summed E-state index contributed by atoms with van der Waals surface area (Å²) in [5.74, 6) is -0.567. The van der Waals surface area contributed by atoms with Crippen LogP contribution in [0.2, 0.25) is 0 Å². The summed E-state index contributed by atoms with van der Waals surface area (Å²) in [6.45, 7) is 0. The SMILES string of the molecule is Nc1c(S(=O)(=O)O)ccc2c(O)c(N=Nc3ccc(N=Nc4ccc5c(SOOO)cccc5c4)c4ccc(S(=O)(=O)O)cc34)c(SOOO)cc12. The molecule has 6 aromatic carbocycles. The van der Waals surface area contributed by atoms with Gasteiger partial charge in [-0.3, -0.25) is 9.11 Å². The van der Waals surface area contributed by atoms with Crippen molar-refractivity contribution in [2.45, 2.75) is 19.6 Å². The van der Waals surface area contributed by atoms with E-state index in [1.54, 1.807) is 30.3 Å². The summed E-state index contributed by atoms with van der Waals surface area (Å²) in [6.07, 6.45) is 0. The van der Waals surface area contributed by atoms with Gasteiger partial charge in [0.2, 0.25) is 0 Å². The Morgan fingerprint density at radius 1 is 0.615 bits per heavy atom.